The lowest BCUT2D eigenvalue weighted by atomic mass is 9.95. The average molecular weight is 415 g/mol. The zero-order valence-electron chi connectivity index (χ0n) is 16.1. The van der Waals surface area contributed by atoms with E-state index in [2.05, 4.69) is 5.32 Å². The molecule has 2 fully saturated rings. The van der Waals surface area contributed by atoms with Gasteiger partial charge < -0.3 is 5.32 Å². The lowest BCUT2D eigenvalue weighted by Gasteiger charge is -2.23. The largest absolute Gasteiger partial charge is 0.353 e. The molecule has 1 saturated carbocycles. The molecule has 0 atom stereocenters. The minimum Gasteiger partial charge on any atom is -0.353 e. The van der Waals surface area contributed by atoms with Crippen molar-refractivity contribution in [3.05, 3.63) is 52.4 Å². The molecule has 6 heteroatoms. The molecule has 2 amide bonds. The zero-order chi connectivity index (χ0) is 19.9. The number of hydrogen-bond acceptors (Lipinski definition) is 4. The molecule has 0 radical (unpaired) electrons. The first kappa shape index (κ1) is 20.8. The van der Waals surface area contributed by atoms with Gasteiger partial charge in [0.25, 0.3) is 5.91 Å². The molecule has 2 aliphatic rings. The van der Waals surface area contributed by atoms with Gasteiger partial charge in [0.2, 0.25) is 5.91 Å². The van der Waals surface area contributed by atoms with E-state index >= 15 is 0 Å². The van der Waals surface area contributed by atoms with Crippen LogP contribution in [0.2, 0.25) is 0 Å². The van der Waals surface area contributed by atoms with Crippen molar-refractivity contribution < 1.29 is 9.59 Å². The second kappa shape index (κ2) is 10.0. The van der Waals surface area contributed by atoms with Crippen molar-refractivity contribution in [2.45, 2.75) is 51.5 Å². The van der Waals surface area contributed by atoms with E-state index in [0.29, 0.717) is 15.8 Å². The van der Waals surface area contributed by atoms with Crippen LogP contribution in [0.5, 0.6) is 0 Å². The predicted octanol–water partition coefficient (Wildman–Crippen LogP) is 4.67. The van der Waals surface area contributed by atoms with Gasteiger partial charge in [0.05, 0.1) is 4.91 Å². The molecule has 148 valence electrons. The molecular weight excluding hydrogens is 388 g/mol. The van der Waals surface area contributed by atoms with Gasteiger partial charge in [0, 0.05) is 19.0 Å². The maximum atomic E-state index is 12.7. The SMILES string of the molecule is CC(=C/c1ccccc1)/C=C1\SC(=S)N(CCC(=O)NC2CCCCC2)C1=O. The molecule has 1 aromatic carbocycles. The molecule has 0 spiro atoms. The summed E-state index contributed by atoms with van der Waals surface area (Å²) in [4.78, 5) is 27.1. The van der Waals surface area contributed by atoms with E-state index in [1.807, 2.05) is 49.4 Å². The van der Waals surface area contributed by atoms with Gasteiger partial charge in [0.15, 0.2) is 0 Å². The molecule has 1 heterocycles. The number of allylic oxidation sites excluding steroid dienone is 2. The van der Waals surface area contributed by atoms with Crippen molar-refractivity contribution >= 4 is 46.2 Å². The van der Waals surface area contributed by atoms with Crippen molar-refractivity contribution in [2.75, 3.05) is 6.54 Å². The van der Waals surface area contributed by atoms with Gasteiger partial charge in [-0.1, -0.05) is 79.7 Å². The van der Waals surface area contributed by atoms with Crippen LogP contribution in [0.1, 0.15) is 51.0 Å². The highest BCUT2D eigenvalue weighted by molar-refractivity contribution is 8.26. The summed E-state index contributed by atoms with van der Waals surface area (Å²) >= 11 is 6.67. The quantitative estimate of drug-likeness (QED) is 0.543. The Balaban J connectivity index is 1.55. The lowest BCUT2D eigenvalue weighted by Crippen LogP contribution is -2.39. The predicted molar refractivity (Wildman–Crippen MR) is 120 cm³/mol. The highest BCUT2D eigenvalue weighted by Gasteiger charge is 2.32. The summed E-state index contributed by atoms with van der Waals surface area (Å²) < 4.78 is 0.522. The summed E-state index contributed by atoms with van der Waals surface area (Å²) in [7, 11) is 0. The van der Waals surface area contributed by atoms with Crippen LogP contribution in [-0.4, -0.2) is 33.6 Å². The summed E-state index contributed by atoms with van der Waals surface area (Å²) in [5.74, 6) is -0.105. The van der Waals surface area contributed by atoms with Crippen LogP contribution in [0.25, 0.3) is 6.08 Å². The Kier molecular flexibility index (Phi) is 7.45. The molecule has 3 rings (SSSR count). The first-order valence-electron chi connectivity index (χ1n) is 9.81. The Morgan fingerprint density at radius 3 is 2.68 bits per heavy atom. The monoisotopic (exact) mass is 414 g/mol. The average Bonchev–Trinajstić information content (AvgIpc) is 2.94. The third-order valence-corrected chi connectivity index (χ3v) is 6.34. The zero-order valence-corrected chi connectivity index (χ0v) is 17.8. The van der Waals surface area contributed by atoms with Gasteiger partial charge in [0.1, 0.15) is 4.32 Å². The summed E-state index contributed by atoms with van der Waals surface area (Å²) in [5, 5.41) is 3.09. The summed E-state index contributed by atoms with van der Waals surface area (Å²) in [6.45, 7) is 2.30. The minimum atomic E-state index is -0.110. The maximum Gasteiger partial charge on any atom is 0.266 e. The minimum absolute atomic E-state index is 0.00471. The van der Waals surface area contributed by atoms with E-state index in [-0.39, 0.29) is 24.3 Å². The molecule has 1 aliphatic carbocycles. The van der Waals surface area contributed by atoms with Crippen molar-refractivity contribution in [1.29, 1.82) is 0 Å². The van der Waals surface area contributed by atoms with Crippen molar-refractivity contribution in [3.8, 4) is 0 Å². The van der Waals surface area contributed by atoms with Crippen LogP contribution in [0, 0.1) is 0 Å². The third kappa shape index (κ3) is 5.79. The summed E-state index contributed by atoms with van der Waals surface area (Å²) in [6, 6.07) is 10.3. The molecule has 1 aromatic rings. The van der Waals surface area contributed by atoms with Gasteiger partial charge in [-0.25, -0.2) is 0 Å². The Hall–Kier alpha value is -1.92. The number of thioether (sulfide) groups is 1. The second-order valence-electron chi connectivity index (χ2n) is 7.28. The van der Waals surface area contributed by atoms with Crippen LogP contribution in [-0.2, 0) is 9.59 Å². The molecule has 0 aromatic heterocycles. The molecule has 1 aliphatic heterocycles. The first-order chi connectivity index (χ1) is 13.5. The molecule has 0 unspecified atom stereocenters. The number of hydrogen-bond donors (Lipinski definition) is 1. The fourth-order valence-corrected chi connectivity index (χ4v) is 4.87. The van der Waals surface area contributed by atoms with Crippen molar-refractivity contribution in [1.82, 2.24) is 10.2 Å². The molecule has 1 N–H and O–H groups in total. The van der Waals surface area contributed by atoms with Gasteiger partial charge >= 0.3 is 0 Å². The van der Waals surface area contributed by atoms with Gasteiger partial charge in [-0.15, -0.1) is 0 Å². The Labute approximate surface area is 176 Å². The molecule has 4 nitrogen and oxygen atoms in total. The van der Waals surface area contributed by atoms with Crippen molar-refractivity contribution in [2.24, 2.45) is 0 Å². The molecule has 28 heavy (non-hydrogen) atoms. The number of nitrogens with one attached hydrogen (secondary N) is 1. The number of rotatable bonds is 6. The van der Waals surface area contributed by atoms with Crippen LogP contribution in [0.3, 0.4) is 0 Å². The topological polar surface area (TPSA) is 49.4 Å². The van der Waals surface area contributed by atoms with Gasteiger partial charge in [-0.3, -0.25) is 14.5 Å². The Bertz CT molecular complexity index is 796. The lowest BCUT2D eigenvalue weighted by molar-refractivity contribution is -0.124. The molecule has 0 bridgehead atoms. The Morgan fingerprint density at radius 1 is 1.25 bits per heavy atom. The van der Waals surface area contributed by atoms with Gasteiger partial charge in [-0.05, 0) is 37.0 Å². The standard InChI is InChI=1S/C22H26N2O2S2/c1-16(14-17-8-4-2-5-9-17)15-19-21(26)24(22(27)28-19)13-12-20(25)23-18-10-6-3-7-11-18/h2,4-5,8-9,14-15,18H,3,6-7,10-13H2,1H3,(H,23,25)/b16-14-,19-15-. The summed E-state index contributed by atoms with van der Waals surface area (Å²) in [6.07, 6.45) is 9.92. The van der Waals surface area contributed by atoms with E-state index in [1.54, 1.807) is 4.90 Å². The Morgan fingerprint density at radius 2 is 1.96 bits per heavy atom. The molecule has 1 saturated heterocycles. The number of nitrogens with zero attached hydrogens (tertiary/aromatic N) is 1. The fraction of sp³-hybridized carbons (Fsp3) is 0.409. The smallest absolute Gasteiger partial charge is 0.266 e. The molecular formula is C22H26N2O2S2. The fourth-order valence-electron chi connectivity index (χ4n) is 3.51. The van der Waals surface area contributed by atoms with E-state index in [0.717, 1.165) is 24.0 Å². The van der Waals surface area contributed by atoms with E-state index in [4.69, 9.17) is 12.2 Å². The third-order valence-electron chi connectivity index (χ3n) is 4.96. The van der Waals surface area contributed by atoms with E-state index < -0.39 is 0 Å². The maximum absolute atomic E-state index is 12.7. The summed E-state index contributed by atoms with van der Waals surface area (Å²) in [5.41, 5.74) is 2.08. The second-order valence-corrected chi connectivity index (χ2v) is 8.96. The highest BCUT2D eigenvalue weighted by atomic mass is 32.2. The van der Waals surface area contributed by atoms with Crippen LogP contribution >= 0.6 is 24.0 Å². The van der Waals surface area contributed by atoms with E-state index in [9.17, 15) is 9.59 Å². The number of thiocarbonyl (C=S) groups is 1. The number of carbonyl (C=O) groups excluding carboxylic acids is 2. The van der Waals surface area contributed by atoms with Crippen LogP contribution < -0.4 is 5.32 Å². The van der Waals surface area contributed by atoms with Crippen molar-refractivity contribution in [3.63, 3.8) is 0 Å². The number of benzene rings is 1. The van der Waals surface area contributed by atoms with Gasteiger partial charge in [-0.2, -0.15) is 0 Å². The number of carbonyl (C=O) groups is 2. The van der Waals surface area contributed by atoms with E-state index in [1.165, 1.54) is 31.0 Å². The van der Waals surface area contributed by atoms with Crippen LogP contribution in [0.4, 0.5) is 0 Å². The normalized spacial score (nSPS) is 20.1. The highest BCUT2D eigenvalue weighted by Crippen LogP contribution is 2.32. The van der Waals surface area contributed by atoms with Crippen LogP contribution in [0.15, 0.2) is 46.9 Å². The first-order valence-corrected chi connectivity index (χ1v) is 11.0. The number of amides is 2.